The van der Waals surface area contributed by atoms with Crippen LogP contribution in [0.2, 0.25) is 0 Å². The molecular weight excluding hydrogens is 290 g/mol. The fourth-order valence-electron chi connectivity index (χ4n) is 2.24. The van der Waals surface area contributed by atoms with Crippen LogP contribution in [0, 0.1) is 0 Å². The first-order valence-electron chi connectivity index (χ1n) is 7.30. The molecule has 2 amide bonds. The van der Waals surface area contributed by atoms with E-state index in [0.717, 1.165) is 11.3 Å². The van der Waals surface area contributed by atoms with Crippen LogP contribution in [0.25, 0.3) is 5.69 Å². The Bertz CT molecular complexity index is 770. The number of imidazole rings is 1. The molecule has 0 saturated heterocycles. The number of pyridine rings is 1. The molecule has 0 aliphatic carbocycles. The Hall–Kier alpha value is -3.15. The van der Waals surface area contributed by atoms with Gasteiger partial charge in [-0.25, -0.2) is 9.78 Å². The summed E-state index contributed by atoms with van der Waals surface area (Å²) in [5.41, 5.74) is 1.87. The molecule has 2 heterocycles. The number of carbonyl (C=O) groups is 1. The minimum Gasteiger partial charge on any atom is -0.331 e. The maximum Gasteiger partial charge on any atom is 0.322 e. The third kappa shape index (κ3) is 3.55. The number of hydrogen-bond acceptors (Lipinski definition) is 3. The number of rotatable bonds is 4. The highest BCUT2D eigenvalue weighted by Crippen LogP contribution is 2.14. The fourth-order valence-corrected chi connectivity index (χ4v) is 2.24. The second-order valence-electron chi connectivity index (χ2n) is 5.06. The first-order chi connectivity index (χ1) is 11.2. The Labute approximate surface area is 134 Å². The molecule has 6 heteroatoms. The molecular formula is C17H17N5O. The molecule has 0 bridgehead atoms. The normalized spacial score (nSPS) is 11.7. The van der Waals surface area contributed by atoms with E-state index < -0.39 is 0 Å². The Kier molecular flexibility index (Phi) is 4.33. The summed E-state index contributed by atoms with van der Waals surface area (Å²) in [5.74, 6) is 0.465. The SMILES string of the molecule is C[C@@H](NC(=O)Nc1nccn1-c1ccccc1)c1cccnc1. The van der Waals surface area contributed by atoms with E-state index in [9.17, 15) is 4.79 Å². The number of anilines is 1. The van der Waals surface area contributed by atoms with Crippen LogP contribution < -0.4 is 10.6 Å². The lowest BCUT2D eigenvalue weighted by atomic mass is 10.1. The predicted molar refractivity (Wildman–Crippen MR) is 88.4 cm³/mol. The number of aromatic nitrogens is 3. The number of amides is 2. The molecule has 0 saturated carbocycles. The van der Waals surface area contributed by atoms with Crippen molar-refractivity contribution in [2.75, 3.05) is 5.32 Å². The molecule has 0 aliphatic rings. The maximum atomic E-state index is 12.2. The first-order valence-corrected chi connectivity index (χ1v) is 7.30. The molecule has 0 unspecified atom stereocenters. The number of hydrogen-bond donors (Lipinski definition) is 2. The van der Waals surface area contributed by atoms with Crippen molar-refractivity contribution in [3.63, 3.8) is 0 Å². The van der Waals surface area contributed by atoms with Crippen LogP contribution in [-0.4, -0.2) is 20.6 Å². The quantitative estimate of drug-likeness (QED) is 0.777. The lowest BCUT2D eigenvalue weighted by molar-refractivity contribution is 0.249. The number of nitrogens with zero attached hydrogens (tertiary/aromatic N) is 3. The molecule has 1 aromatic carbocycles. The molecule has 6 nitrogen and oxygen atoms in total. The van der Waals surface area contributed by atoms with E-state index in [1.807, 2.05) is 54.0 Å². The molecule has 116 valence electrons. The molecule has 0 spiro atoms. The van der Waals surface area contributed by atoms with Gasteiger partial charge in [-0.2, -0.15) is 0 Å². The second kappa shape index (κ2) is 6.74. The zero-order chi connectivity index (χ0) is 16.1. The summed E-state index contributed by atoms with van der Waals surface area (Å²) in [6.07, 6.45) is 6.88. The van der Waals surface area contributed by atoms with Crippen molar-refractivity contribution < 1.29 is 4.79 Å². The number of carbonyl (C=O) groups excluding carboxylic acids is 1. The van der Waals surface area contributed by atoms with Gasteiger partial charge in [0.25, 0.3) is 0 Å². The summed E-state index contributed by atoms with van der Waals surface area (Å²) >= 11 is 0. The number of nitrogens with one attached hydrogen (secondary N) is 2. The van der Waals surface area contributed by atoms with Gasteiger partial charge in [0.15, 0.2) is 0 Å². The van der Waals surface area contributed by atoms with Crippen molar-refractivity contribution >= 4 is 12.0 Å². The van der Waals surface area contributed by atoms with Gasteiger partial charge in [-0.3, -0.25) is 14.9 Å². The molecule has 0 radical (unpaired) electrons. The molecule has 23 heavy (non-hydrogen) atoms. The third-order valence-corrected chi connectivity index (χ3v) is 3.43. The van der Waals surface area contributed by atoms with Gasteiger partial charge in [-0.05, 0) is 30.7 Å². The van der Waals surface area contributed by atoms with E-state index in [0.29, 0.717) is 5.95 Å². The average Bonchev–Trinajstić information content (AvgIpc) is 3.04. The van der Waals surface area contributed by atoms with Crippen molar-refractivity contribution in [3.05, 3.63) is 72.8 Å². The van der Waals surface area contributed by atoms with Crippen LogP contribution in [0.3, 0.4) is 0 Å². The van der Waals surface area contributed by atoms with Crippen molar-refractivity contribution in [2.24, 2.45) is 0 Å². The molecule has 0 aliphatic heterocycles. The van der Waals surface area contributed by atoms with Crippen LogP contribution in [0.5, 0.6) is 0 Å². The van der Waals surface area contributed by atoms with E-state index >= 15 is 0 Å². The summed E-state index contributed by atoms with van der Waals surface area (Å²) in [6, 6.07) is 13.0. The minimum absolute atomic E-state index is 0.149. The average molecular weight is 307 g/mol. The lowest BCUT2D eigenvalue weighted by Crippen LogP contribution is -2.32. The largest absolute Gasteiger partial charge is 0.331 e. The number of benzene rings is 1. The molecule has 3 aromatic rings. The van der Waals surface area contributed by atoms with Crippen molar-refractivity contribution in [2.45, 2.75) is 13.0 Å². The van der Waals surface area contributed by atoms with Crippen LogP contribution in [0.1, 0.15) is 18.5 Å². The molecule has 2 N–H and O–H groups in total. The summed E-state index contributed by atoms with van der Waals surface area (Å²) in [5, 5.41) is 5.64. The Morgan fingerprint density at radius 2 is 1.96 bits per heavy atom. The van der Waals surface area contributed by atoms with Crippen LogP contribution in [0.15, 0.2) is 67.3 Å². The van der Waals surface area contributed by atoms with E-state index in [2.05, 4.69) is 20.6 Å². The van der Waals surface area contributed by atoms with Crippen LogP contribution in [0.4, 0.5) is 10.7 Å². The maximum absolute atomic E-state index is 12.2. The van der Waals surface area contributed by atoms with Crippen molar-refractivity contribution in [1.29, 1.82) is 0 Å². The summed E-state index contributed by atoms with van der Waals surface area (Å²) in [4.78, 5) is 20.4. The Morgan fingerprint density at radius 1 is 1.13 bits per heavy atom. The molecule has 1 atom stereocenters. The third-order valence-electron chi connectivity index (χ3n) is 3.43. The highest BCUT2D eigenvalue weighted by Gasteiger charge is 2.12. The van der Waals surface area contributed by atoms with Crippen molar-refractivity contribution in [1.82, 2.24) is 19.9 Å². The topological polar surface area (TPSA) is 71.8 Å². The number of urea groups is 1. The highest BCUT2D eigenvalue weighted by atomic mass is 16.2. The van der Waals surface area contributed by atoms with Gasteiger partial charge in [0.05, 0.1) is 6.04 Å². The standard InChI is InChI=1S/C17H17N5O/c1-13(14-6-5-9-18-12-14)20-17(23)21-16-19-10-11-22(16)15-7-3-2-4-8-15/h2-13H,1H3,(H2,19,20,21,23)/t13-/m1/s1. The van der Waals surface area contributed by atoms with Gasteiger partial charge in [-0.1, -0.05) is 24.3 Å². The molecule has 3 rings (SSSR count). The second-order valence-corrected chi connectivity index (χ2v) is 5.06. The summed E-state index contributed by atoms with van der Waals surface area (Å²) in [6.45, 7) is 1.90. The molecule has 2 aromatic heterocycles. The van der Waals surface area contributed by atoms with Crippen molar-refractivity contribution in [3.8, 4) is 5.69 Å². The summed E-state index contributed by atoms with van der Waals surface area (Å²) in [7, 11) is 0. The Morgan fingerprint density at radius 3 is 2.70 bits per heavy atom. The van der Waals surface area contributed by atoms with Gasteiger partial charge in [0, 0.05) is 30.5 Å². The minimum atomic E-state index is -0.315. The summed E-state index contributed by atoms with van der Waals surface area (Å²) < 4.78 is 1.81. The Balaban J connectivity index is 1.69. The van der Waals surface area contributed by atoms with E-state index in [4.69, 9.17) is 0 Å². The predicted octanol–water partition coefficient (Wildman–Crippen LogP) is 3.15. The monoisotopic (exact) mass is 307 g/mol. The van der Waals surface area contributed by atoms with Crippen LogP contribution >= 0.6 is 0 Å². The van der Waals surface area contributed by atoms with E-state index in [1.165, 1.54) is 0 Å². The van der Waals surface area contributed by atoms with E-state index in [1.54, 1.807) is 24.8 Å². The van der Waals surface area contributed by atoms with Gasteiger partial charge in [-0.15, -0.1) is 0 Å². The van der Waals surface area contributed by atoms with Gasteiger partial charge in [0.1, 0.15) is 0 Å². The van der Waals surface area contributed by atoms with Gasteiger partial charge >= 0.3 is 6.03 Å². The van der Waals surface area contributed by atoms with Gasteiger partial charge in [0.2, 0.25) is 5.95 Å². The fraction of sp³-hybridized carbons (Fsp3) is 0.118. The zero-order valence-corrected chi connectivity index (χ0v) is 12.7. The zero-order valence-electron chi connectivity index (χ0n) is 12.7. The van der Waals surface area contributed by atoms with Gasteiger partial charge < -0.3 is 5.32 Å². The first kappa shape index (κ1) is 14.8. The lowest BCUT2D eigenvalue weighted by Gasteiger charge is -2.15. The molecule has 0 fully saturated rings. The smallest absolute Gasteiger partial charge is 0.322 e. The highest BCUT2D eigenvalue weighted by molar-refractivity contribution is 5.88. The van der Waals surface area contributed by atoms with E-state index in [-0.39, 0.29) is 12.1 Å². The van der Waals surface area contributed by atoms with Crippen LogP contribution in [-0.2, 0) is 0 Å². The number of para-hydroxylation sites is 1.